The minimum absolute atomic E-state index is 0.00461. The summed E-state index contributed by atoms with van der Waals surface area (Å²) < 4.78 is 0.177. The molecule has 6 nitrogen and oxygen atoms in total. The quantitative estimate of drug-likeness (QED) is 0.847. The third-order valence-corrected chi connectivity index (χ3v) is 4.06. The van der Waals surface area contributed by atoms with Gasteiger partial charge in [0.25, 0.3) is 5.56 Å². The highest BCUT2D eigenvalue weighted by Crippen LogP contribution is 2.25. The summed E-state index contributed by atoms with van der Waals surface area (Å²) in [5, 5.41) is 9.16. The first-order chi connectivity index (χ1) is 10.3. The predicted molar refractivity (Wildman–Crippen MR) is 86.9 cm³/mol. The van der Waals surface area contributed by atoms with E-state index in [4.69, 9.17) is 17.5 Å². The molecule has 0 radical (unpaired) electrons. The van der Waals surface area contributed by atoms with Crippen molar-refractivity contribution in [3.05, 3.63) is 44.7 Å². The van der Waals surface area contributed by atoms with Gasteiger partial charge in [-0.25, -0.2) is 0 Å². The van der Waals surface area contributed by atoms with Crippen molar-refractivity contribution in [1.82, 2.24) is 19.9 Å². The van der Waals surface area contributed by atoms with Gasteiger partial charge in [-0.3, -0.25) is 19.7 Å². The highest BCUT2D eigenvalue weighted by Gasteiger charge is 2.24. The van der Waals surface area contributed by atoms with E-state index in [0.29, 0.717) is 11.3 Å². The second-order valence-corrected chi connectivity index (χ2v) is 6.06. The molecule has 2 heterocycles. The lowest BCUT2D eigenvalue weighted by Gasteiger charge is -2.31. The van der Waals surface area contributed by atoms with Crippen LogP contribution in [0.25, 0.3) is 11.3 Å². The van der Waals surface area contributed by atoms with Gasteiger partial charge in [0, 0.05) is 11.8 Å². The third kappa shape index (κ3) is 2.84. The summed E-state index contributed by atoms with van der Waals surface area (Å²) in [5.41, 5.74) is 1.19. The van der Waals surface area contributed by atoms with Crippen LogP contribution >= 0.6 is 12.2 Å². The van der Waals surface area contributed by atoms with Crippen molar-refractivity contribution in [2.24, 2.45) is 0 Å². The van der Waals surface area contributed by atoms with Crippen LogP contribution in [-0.2, 0) is 5.54 Å². The van der Waals surface area contributed by atoms with Crippen molar-refractivity contribution in [1.29, 1.82) is 5.26 Å². The Morgan fingerprint density at radius 3 is 2.50 bits per heavy atom. The maximum absolute atomic E-state index is 11.8. The number of nitriles is 1. The predicted octanol–water partition coefficient (Wildman–Crippen LogP) is 2.16. The van der Waals surface area contributed by atoms with Crippen LogP contribution in [0.1, 0.15) is 25.1 Å². The van der Waals surface area contributed by atoms with Crippen molar-refractivity contribution in [2.75, 3.05) is 14.1 Å². The summed E-state index contributed by atoms with van der Waals surface area (Å²) >= 11 is 4.97. The van der Waals surface area contributed by atoms with Gasteiger partial charge in [0.15, 0.2) is 4.77 Å². The molecule has 0 aliphatic carbocycles. The number of nitrogens with zero attached hydrogens (tertiary/aromatic N) is 3. The minimum atomic E-state index is -0.501. The largest absolute Gasteiger partial charge is 0.331 e. The molecule has 0 aromatic carbocycles. The molecule has 114 valence electrons. The summed E-state index contributed by atoms with van der Waals surface area (Å²) in [6.45, 7) is 4.13. The lowest BCUT2D eigenvalue weighted by Crippen LogP contribution is -2.36. The van der Waals surface area contributed by atoms with Gasteiger partial charge in [0.05, 0.1) is 16.9 Å². The summed E-state index contributed by atoms with van der Waals surface area (Å²) in [7, 11) is 3.97. The fraction of sp³-hybridized carbons (Fsp3) is 0.333. The van der Waals surface area contributed by atoms with Crippen LogP contribution in [0.3, 0.4) is 0 Å². The third-order valence-electron chi connectivity index (χ3n) is 3.85. The van der Waals surface area contributed by atoms with Crippen LogP contribution < -0.4 is 5.56 Å². The van der Waals surface area contributed by atoms with Gasteiger partial charge in [-0.05, 0) is 52.3 Å². The molecule has 0 unspecified atom stereocenters. The van der Waals surface area contributed by atoms with Crippen molar-refractivity contribution < 1.29 is 0 Å². The Bertz CT molecular complexity index is 840. The molecule has 22 heavy (non-hydrogen) atoms. The van der Waals surface area contributed by atoms with Crippen LogP contribution in [0.4, 0.5) is 0 Å². The molecule has 2 N–H and O–H groups in total. The highest BCUT2D eigenvalue weighted by molar-refractivity contribution is 7.71. The first-order valence-corrected chi connectivity index (χ1v) is 7.09. The Morgan fingerprint density at radius 1 is 1.32 bits per heavy atom. The van der Waals surface area contributed by atoms with E-state index in [0.717, 1.165) is 5.69 Å². The highest BCUT2D eigenvalue weighted by atomic mass is 32.1. The molecule has 2 rings (SSSR count). The number of aromatic nitrogens is 3. The summed E-state index contributed by atoms with van der Waals surface area (Å²) in [4.78, 5) is 23.6. The zero-order valence-corrected chi connectivity index (χ0v) is 13.7. The van der Waals surface area contributed by atoms with E-state index in [9.17, 15) is 4.79 Å². The molecule has 0 saturated heterocycles. The Kier molecular flexibility index (Phi) is 4.26. The number of hydrogen-bond acceptors (Lipinski definition) is 5. The number of pyridine rings is 1. The molecule has 0 bridgehead atoms. The zero-order valence-electron chi connectivity index (χ0n) is 12.9. The fourth-order valence-electron chi connectivity index (χ4n) is 1.94. The first-order valence-electron chi connectivity index (χ1n) is 6.68. The maximum Gasteiger partial charge on any atom is 0.270 e. The molecule has 0 spiro atoms. The minimum Gasteiger partial charge on any atom is -0.331 e. The average Bonchev–Trinajstić information content (AvgIpc) is 2.46. The second kappa shape index (κ2) is 5.83. The van der Waals surface area contributed by atoms with Crippen molar-refractivity contribution in [3.63, 3.8) is 0 Å². The molecule has 0 fully saturated rings. The van der Waals surface area contributed by atoms with E-state index < -0.39 is 5.56 Å². The molecule has 0 aliphatic rings. The van der Waals surface area contributed by atoms with Gasteiger partial charge >= 0.3 is 0 Å². The lowest BCUT2D eigenvalue weighted by atomic mass is 9.97. The lowest BCUT2D eigenvalue weighted by molar-refractivity contribution is 0.192. The first kappa shape index (κ1) is 16.1. The number of aromatic amines is 2. The molecular formula is C15H17N5OS. The van der Waals surface area contributed by atoms with E-state index in [-0.39, 0.29) is 15.9 Å². The fourth-order valence-corrected chi connectivity index (χ4v) is 2.14. The van der Waals surface area contributed by atoms with Gasteiger partial charge in [-0.2, -0.15) is 5.26 Å². The molecule has 2 aromatic rings. The topological polar surface area (TPSA) is 88.6 Å². The SMILES string of the molecule is CN(C)C(C)(C)c1ccc(-c2[nH]c(=S)[nH]c(=O)c2C#N)cn1. The standard InChI is InChI=1S/C15H17N5OS/c1-15(2,20(3)4)11-6-5-9(8-17-11)12-10(7-16)13(21)19-14(22)18-12/h5-6,8H,1-4H3,(H2,18,19,21,22). The molecule has 0 aliphatic heterocycles. The van der Waals surface area contributed by atoms with E-state index in [1.54, 1.807) is 6.20 Å². The Balaban J connectivity index is 2.56. The van der Waals surface area contributed by atoms with Crippen LogP contribution in [-0.4, -0.2) is 33.9 Å². The zero-order chi connectivity index (χ0) is 16.5. The number of hydrogen-bond donors (Lipinski definition) is 2. The monoisotopic (exact) mass is 315 g/mol. The van der Waals surface area contributed by atoms with E-state index in [1.807, 2.05) is 32.3 Å². The van der Waals surface area contributed by atoms with Crippen LogP contribution in [0.5, 0.6) is 0 Å². The normalized spacial score (nSPS) is 11.5. The molecule has 0 saturated carbocycles. The number of H-pyrrole nitrogens is 2. The molecule has 2 aromatic heterocycles. The molecular weight excluding hydrogens is 298 g/mol. The molecule has 0 atom stereocenters. The smallest absolute Gasteiger partial charge is 0.270 e. The number of nitrogens with one attached hydrogen (secondary N) is 2. The van der Waals surface area contributed by atoms with Gasteiger partial charge < -0.3 is 4.98 Å². The summed E-state index contributed by atoms with van der Waals surface area (Å²) in [6.07, 6.45) is 1.64. The van der Waals surface area contributed by atoms with Crippen LogP contribution in [0.2, 0.25) is 0 Å². The van der Waals surface area contributed by atoms with E-state index >= 15 is 0 Å². The van der Waals surface area contributed by atoms with E-state index in [2.05, 4.69) is 33.7 Å². The molecule has 0 amide bonds. The number of rotatable bonds is 3. The van der Waals surface area contributed by atoms with Crippen LogP contribution in [0.15, 0.2) is 23.1 Å². The van der Waals surface area contributed by atoms with Crippen LogP contribution in [0, 0.1) is 16.1 Å². The summed E-state index contributed by atoms with van der Waals surface area (Å²) in [5.74, 6) is 0. The molecule has 7 heteroatoms. The van der Waals surface area contributed by atoms with Gasteiger partial charge in [-0.15, -0.1) is 0 Å². The van der Waals surface area contributed by atoms with Gasteiger partial charge in [-0.1, -0.05) is 0 Å². The average molecular weight is 315 g/mol. The van der Waals surface area contributed by atoms with Crippen molar-refractivity contribution in [2.45, 2.75) is 19.4 Å². The Hall–Kier alpha value is -2.30. The second-order valence-electron chi connectivity index (χ2n) is 5.66. The van der Waals surface area contributed by atoms with Gasteiger partial charge in [0.2, 0.25) is 0 Å². The van der Waals surface area contributed by atoms with E-state index in [1.165, 1.54) is 0 Å². The maximum atomic E-state index is 11.8. The Morgan fingerprint density at radius 2 is 2.00 bits per heavy atom. The van der Waals surface area contributed by atoms with Crippen molar-refractivity contribution >= 4 is 12.2 Å². The van der Waals surface area contributed by atoms with Crippen molar-refractivity contribution in [3.8, 4) is 17.3 Å². The summed E-state index contributed by atoms with van der Waals surface area (Å²) in [6, 6.07) is 5.61. The Labute approximate surface area is 133 Å². The van der Waals surface area contributed by atoms with Gasteiger partial charge in [0.1, 0.15) is 11.6 Å².